The molecule has 3 nitrogen and oxygen atoms in total. The summed E-state index contributed by atoms with van der Waals surface area (Å²) in [5.74, 6) is -0.206. The summed E-state index contributed by atoms with van der Waals surface area (Å²) in [5.41, 5.74) is 0.656. The second-order valence-electron chi connectivity index (χ2n) is 4.30. The first-order valence-electron chi connectivity index (χ1n) is 6.47. The summed E-state index contributed by atoms with van der Waals surface area (Å²) in [6.45, 7) is 1.76. The van der Waals surface area contributed by atoms with Gasteiger partial charge in [0.1, 0.15) is 10.8 Å². The quantitative estimate of drug-likeness (QED) is 0.750. The van der Waals surface area contributed by atoms with Gasteiger partial charge >= 0.3 is 0 Å². The number of rotatable bonds is 7. The summed E-state index contributed by atoms with van der Waals surface area (Å²) >= 11 is 4.81. The normalized spacial score (nSPS) is 10.8. The molecule has 0 fully saturated rings. The first kappa shape index (κ1) is 16.4. The van der Waals surface area contributed by atoms with Gasteiger partial charge in [0, 0.05) is 41.3 Å². The van der Waals surface area contributed by atoms with Crippen molar-refractivity contribution in [2.24, 2.45) is 0 Å². The number of halogens is 2. The Labute approximate surface area is 136 Å². The molecule has 0 bridgehead atoms. The molecule has 0 saturated carbocycles. The molecular weight excluding hydrogens is 355 g/mol. The highest BCUT2D eigenvalue weighted by Crippen LogP contribution is 2.30. The standard InChI is InChI=1S/C15H16BrFN2OS/c1-20-8-7-18-10-12-13(17)3-2-4-14(12)21-15-6-5-11(16)9-19-15/h2-6,9,18H,7-8,10H2,1H3. The first-order chi connectivity index (χ1) is 10.2. The Morgan fingerprint density at radius 3 is 2.90 bits per heavy atom. The fraction of sp³-hybridized carbons (Fsp3) is 0.267. The highest BCUT2D eigenvalue weighted by Gasteiger charge is 2.10. The van der Waals surface area contributed by atoms with Gasteiger partial charge in [0.2, 0.25) is 0 Å². The number of pyridine rings is 1. The monoisotopic (exact) mass is 370 g/mol. The number of hydrogen-bond acceptors (Lipinski definition) is 4. The molecule has 0 amide bonds. The van der Waals surface area contributed by atoms with Crippen LogP contribution in [-0.2, 0) is 11.3 Å². The molecular formula is C15H16BrFN2OS. The van der Waals surface area contributed by atoms with Crippen LogP contribution in [0.25, 0.3) is 0 Å². The van der Waals surface area contributed by atoms with Crippen LogP contribution in [0.1, 0.15) is 5.56 Å². The van der Waals surface area contributed by atoms with Crippen LogP contribution in [0.3, 0.4) is 0 Å². The van der Waals surface area contributed by atoms with Crippen LogP contribution in [0, 0.1) is 5.82 Å². The van der Waals surface area contributed by atoms with Gasteiger partial charge < -0.3 is 10.1 Å². The molecule has 1 aromatic heterocycles. The maximum atomic E-state index is 14.0. The lowest BCUT2D eigenvalue weighted by molar-refractivity contribution is 0.199. The maximum Gasteiger partial charge on any atom is 0.128 e. The number of hydrogen-bond donors (Lipinski definition) is 1. The van der Waals surface area contributed by atoms with Gasteiger partial charge in [-0.05, 0) is 40.2 Å². The van der Waals surface area contributed by atoms with Crippen LogP contribution < -0.4 is 5.32 Å². The van der Waals surface area contributed by atoms with Crippen LogP contribution in [-0.4, -0.2) is 25.2 Å². The van der Waals surface area contributed by atoms with E-state index in [1.165, 1.54) is 17.8 Å². The van der Waals surface area contributed by atoms with Gasteiger partial charge in [-0.15, -0.1) is 0 Å². The Hall–Kier alpha value is -0.950. The second kappa shape index (κ2) is 8.48. The van der Waals surface area contributed by atoms with Crippen molar-refractivity contribution in [1.29, 1.82) is 0 Å². The Bertz CT molecular complexity index is 580. The molecule has 1 aromatic carbocycles. The third-order valence-corrected chi connectivity index (χ3v) is 4.30. The summed E-state index contributed by atoms with van der Waals surface area (Å²) in [5, 5.41) is 4.01. The molecule has 112 valence electrons. The van der Waals surface area contributed by atoms with Crippen molar-refractivity contribution < 1.29 is 9.13 Å². The summed E-state index contributed by atoms with van der Waals surface area (Å²) in [7, 11) is 1.64. The average molecular weight is 371 g/mol. The van der Waals surface area contributed by atoms with Crippen molar-refractivity contribution in [1.82, 2.24) is 10.3 Å². The number of methoxy groups -OCH3 is 1. The van der Waals surface area contributed by atoms with E-state index in [0.29, 0.717) is 25.3 Å². The van der Waals surface area contributed by atoms with Gasteiger partial charge in [-0.2, -0.15) is 0 Å². The molecule has 6 heteroatoms. The van der Waals surface area contributed by atoms with E-state index >= 15 is 0 Å². The van der Waals surface area contributed by atoms with E-state index in [4.69, 9.17) is 4.74 Å². The van der Waals surface area contributed by atoms with Crippen molar-refractivity contribution >= 4 is 27.7 Å². The van der Waals surface area contributed by atoms with E-state index in [9.17, 15) is 4.39 Å². The van der Waals surface area contributed by atoms with Crippen LogP contribution >= 0.6 is 27.7 Å². The Morgan fingerprint density at radius 1 is 1.33 bits per heavy atom. The number of nitrogens with one attached hydrogen (secondary N) is 1. The predicted molar refractivity (Wildman–Crippen MR) is 86.0 cm³/mol. The van der Waals surface area contributed by atoms with Gasteiger partial charge in [-0.1, -0.05) is 17.8 Å². The van der Waals surface area contributed by atoms with Gasteiger partial charge in [0.25, 0.3) is 0 Å². The zero-order valence-corrected chi connectivity index (χ0v) is 14.0. The topological polar surface area (TPSA) is 34.1 Å². The molecule has 0 atom stereocenters. The van der Waals surface area contributed by atoms with Gasteiger partial charge in [-0.3, -0.25) is 0 Å². The van der Waals surface area contributed by atoms with Crippen LogP contribution in [0.2, 0.25) is 0 Å². The minimum absolute atomic E-state index is 0.206. The van der Waals surface area contributed by atoms with Crippen molar-refractivity contribution in [3.05, 3.63) is 52.4 Å². The number of ether oxygens (including phenoxy) is 1. The van der Waals surface area contributed by atoms with E-state index in [-0.39, 0.29) is 5.82 Å². The zero-order valence-electron chi connectivity index (χ0n) is 11.6. The third-order valence-electron chi connectivity index (χ3n) is 2.78. The lowest BCUT2D eigenvalue weighted by atomic mass is 10.2. The number of benzene rings is 1. The summed E-state index contributed by atoms with van der Waals surface area (Å²) in [6.07, 6.45) is 1.73. The molecule has 1 N–H and O–H groups in total. The van der Waals surface area contributed by atoms with Crippen molar-refractivity contribution in [3.8, 4) is 0 Å². The van der Waals surface area contributed by atoms with Crippen LogP contribution in [0.5, 0.6) is 0 Å². The predicted octanol–water partition coefficient (Wildman–Crippen LogP) is 3.87. The molecule has 21 heavy (non-hydrogen) atoms. The third kappa shape index (κ3) is 5.07. The zero-order chi connectivity index (χ0) is 15.1. The Kier molecular flexibility index (Phi) is 6.63. The molecule has 0 saturated heterocycles. The number of nitrogens with zero attached hydrogens (tertiary/aromatic N) is 1. The second-order valence-corrected chi connectivity index (χ2v) is 6.28. The average Bonchev–Trinajstić information content (AvgIpc) is 2.48. The molecule has 0 spiro atoms. The van der Waals surface area contributed by atoms with Crippen LogP contribution in [0.15, 0.2) is 50.9 Å². The highest BCUT2D eigenvalue weighted by molar-refractivity contribution is 9.10. The molecule has 0 aliphatic carbocycles. The van der Waals surface area contributed by atoms with E-state index in [2.05, 4.69) is 26.2 Å². The minimum atomic E-state index is -0.206. The maximum absolute atomic E-state index is 14.0. The van der Waals surface area contributed by atoms with Crippen molar-refractivity contribution in [2.75, 3.05) is 20.3 Å². The number of aromatic nitrogens is 1. The van der Waals surface area contributed by atoms with E-state index in [0.717, 1.165) is 14.4 Å². The Morgan fingerprint density at radius 2 is 2.19 bits per heavy atom. The van der Waals surface area contributed by atoms with Crippen molar-refractivity contribution in [2.45, 2.75) is 16.5 Å². The molecule has 0 radical (unpaired) electrons. The smallest absolute Gasteiger partial charge is 0.128 e. The minimum Gasteiger partial charge on any atom is -0.383 e. The SMILES string of the molecule is COCCNCc1c(F)cccc1Sc1ccc(Br)cn1. The molecule has 2 aromatic rings. The fourth-order valence-electron chi connectivity index (χ4n) is 1.73. The summed E-state index contributed by atoms with van der Waals surface area (Å²) < 4.78 is 19.9. The molecule has 2 rings (SSSR count). The summed E-state index contributed by atoms with van der Waals surface area (Å²) in [4.78, 5) is 5.18. The molecule has 0 aliphatic rings. The first-order valence-corrected chi connectivity index (χ1v) is 8.08. The molecule has 1 heterocycles. The van der Waals surface area contributed by atoms with Gasteiger partial charge in [0.15, 0.2) is 0 Å². The van der Waals surface area contributed by atoms with E-state index in [1.807, 2.05) is 18.2 Å². The van der Waals surface area contributed by atoms with Gasteiger partial charge in [0.05, 0.1) is 6.61 Å². The lowest BCUT2D eigenvalue weighted by Crippen LogP contribution is -2.19. The summed E-state index contributed by atoms with van der Waals surface area (Å²) in [6, 6.07) is 8.93. The fourth-order valence-corrected chi connectivity index (χ4v) is 2.87. The largest absolute Gasteiger partial charge is 0.383 e. The molecule has 0 aliphatic heterocycles. The van der Waals surface area contributed by atoms with Crippen LogP contribution in [0.4, 0.5) is 4.39 Å². The Balaban J connectivity index is 2.11. The lowest BCUT2D eigenvalue weighted by Gasteiger charge is -2.11. The van der Waals surface area contributed by atoms with E-state index < -0.39 is 0 Å². The van der Waals surface area contributed by atoms with Crippen molar-refractivity contribution in [3.63, 3.8) is 0 Å². The van der Waals surface area contributed by atoms with Gasteiger partial charge in [-0.25, -0.2) is 9.37 Å². The molecule has 0 unspecified atom stereocenters. The van der Waals surface area contributed by atoms with E-state index in [1.54, 1.807) is 19.4 Å². The highest BCUT2D eigenvalue weighted by atomic mass is 79.9.